The van der Waals surface area contributed by atoms with Crippen LogP contribution in [0.5, 0.6) is 0 Å². The molecule has 2 unspecified atom stereocenters. The van der Waals surface area contributed by atoms with Crippen molar-refractivity contribution in [2.75, 3.05) is 26.2 Å². The number of hydrogen-bond donors (Lipinski definition) is 1. The van der Waals surface area contributed by atoms with Crippen LogP contribution in [0, 0.1) is 5.92 Å². The fourth-order valence-corrected chi connectivity index (χ4v) is 3.54. The normalized spacial score (nSPS) is 37.5. The zero-order chi connectivity index (χ0) is 11.4. The molecule has 16 heavy (non-hydrogen) atoms. The van der Waals surface area contributed by atoms with Gasteiger partial charge in [0.15, 0.2) is 0 Å². The van der Waals surface area contributed by atoms with Crippen LogP contribution >= 0.6 is 0 Å². The van der Waals surface area contributed by atoms with Crippen LogP contribution in [0.4, 0.5) is 0 Å². The van der Waals surface area contributed by atoms with Gasteiger partial charge in [0.1, 0.15) is 0 Å². The third-order valence-electron chi connectivity index (χ3n) is 4.50. The first-order valence-electron chi connectivity index (χ1n) is 7.19. The summed E-state index contributed by atoms with van der Waals surface area (Å²) in [7, 11) is 0. The highest BCUT2D eigenvalue weighted by Crippen LogP contribution is 2.30. The van der Waals surface area contributed by atoms with Gasteiger partial charge in [-0.25, -0.2) is 0 Å². The van der Waals surface area contributed by atoms with Crippen molar-refractivity contribution in [3.05, 3.63) is 0 Å². The molecule has 2 heterocycles. The van der Waals surface area contributed by atoms with Crippen molar-refractivity contribution in [2.24, 2.45) is 5.92 Å². The third kappa shape index (κ3) is 3.21. The Hall–Kier alpha value is -0.0800. The topological polar surface area (TPSA) is 15.3 Å². The Morgan fingerprint density at radius 1 is 1.31 bits per heavy atom. The first-order chi connectivity index (χ1) is 7.72. The zero-order valence-corrected chi connectivity index (χ0v) is 11.1. The Bertz CT molecular complexity index is 209. The summed E-state index contributed by atoms with van der Waals surface area (Å²) in [5.41, 5.74) is 0.444. The summed E-state index contributed by atoms with van der Waals surface area (Å²) in [5, 5.41) is 3.76. The van der Waals surface area contributed by atoms with Crippen LogP contribution in [0.2, 0.25) is 0 Å². The Labute approximate surface area is 101 Å². The van der Waals surface area contributed by atoms with E-state index in [1.807, 2.05) is 0 Å². The van der Waals surface area contributed by atoms with Crippen molar-refractivity contribution in [2.45, 2.75) is 57.9 Å². The fraction of sp³-hybridized carbons (Fsp3) is 1.00. The van der Waals surface area contributed by atoms with Gasteiger partial charge in [-0.3, -0.25) is 0 Å². The monoisotopic (exact) mass is 224 g/mol. The largest absolute Gasteiger partial charge is 0.312 e. The van der Waals surface area contributed by atoms with E-state index >= 15 is 0 Å². The lowest BCUT2D eigenvalue weighted by molar-refractivity contribution is 0.135. The van der Waals surface area contributed by atoms with Crippen LogP contribution < -0.4 is 5.32 Å². The first-order valence-corrected chi connectivity index (χ1v) is 7.19. The van der Waals surface area contributed by atoms with Gasteiger partial charge in [-0.1, -0.05) is 13.3 Å². The van der Waals surface area contributed by atoms with Crippen molar-refractivity contribution in [3.8, 4) is 0 Å². The van der Waals surface area contributed by atoms with E-state index in [0.29, 0.717) is 5.54 Å². The summed E-state index contributed by atoms with van der Waals surface area (Å²) >= 11 is 0. The summed E-state index contributed by atoms with van der Waals surface area (Å²) in [4.78, 5) is 2.63. The maximum atomic E-state index is 3.76. The quantitative estimate of drug-likeness (QED) is 0.793. The molecule has 1 N–H and O–H groups in total. The SMILES string of the molecule is CCN1CCCC(CC2(C)CCCCN2)C1. The number of nitrogens with zero attached hydrogens (tertiary/aromatic N) is 1. The predicted octanol–water partition coefficient (Wildman–Crippen LogP) is 2.64. The Morgan fingerprint density at radius 3 is 2.88 bits per heavy atom. The highest BCUT2D eigenvalue weighted by Gasteiger charge is 2.31. The Kier molecular flexibility index (Phi) is 4.26. The van der Waals surface area contributed by atoms with Gasteiger partial charge >= 0.3 is 0 Å². The molecule has 2 aliphatic rings. The van der Waals surface area contributed by atoms with Gasteiger partial charge in [0.05, 0.1) is 0 Å². The molecule has 0 radical (unpaired) electrons. The Balaban J connectivity index is 1.83. The minimum absolute atomic E-state index is 0.444. The second-order valence-electron chi connectivity index (χ2n) is 6.05. The number of rotatable bonds is 3. The summed E-state index contributed by atoms with van der Waals surface area (Å²) in [6, 6.07) is 0. The van der Waals surface area contributed by atoms with Crippen LogP contribution in [0.1, 0.15) is 52.4 Å². The standard InChI is InChI=1S/C14H28N2/c1-3-16-10-6-7-13(12-16)11-14(2)8-4-5-9-15-14/h13,15H,3-12H2,1-2H3. The molecular formula is C14H28N2. The van der Waals surface area contributed by atoms with Gasteiger partial charge in [0, 0.05) is 12.1 Å². The fourth-order valence-electron chi connectivity index (χ4n) is 3.54. The second kappa shape index (κ2) is 5.50. The van der Waals surface area contributed by atoms with Crippen molar-refractivity contribution >= 4 is 0 Å². The highest BCUT2D eigenvalue weighted by atomic mass is 15.1. The molecule has 0 aliphatic carbocycles. The van der Waals surface area contributed by atoms with Gasteiger partial charge in [-0.2, -0.15) is 0 Å². The van der Waals surface area contributed by atoms with Crippen LogP contribution in [-0.4, -0.2) is 36.6 Å². The molecule has 2 saturated heterocycles. The molecule has 94 valence electrons. The average molecular weight is 224 g/mol. The molecule has 0 aromatic heterocycles. The van der Waals surface area contributed by atoms with Gasteiger partial charge in [0.2, 0.25) is 0 Å². The van der Waals surface area contributed by atoms with Crippen LogP contribution in [-0.2, 0) is 0 Å². The molecule has 0 amide bonds. The van der Waals surface area contributed by atoms with E-state index in [9.17, 15) is 0 Å². The van der Waals surface area contributed by atoms with Crippen LogP contribution in [0.3, 0.4) is 0 Å². The number of likely N-dealkylation sites (tertiary alicyclic amines) is 1. The summed E-state index contributed by atoms with van der Waals surface area (Å²) in [5.74, 6) is 0.935. The molecule has 2 rings (SSSR count). The van der Waals surface area contributed by atoms with Crippen LogP contribution in [0.15, 0.2) is 0 Å². The van der Waals surface area contributed by atoms with Crippen LogP contribution in [0.25, 0.3) is 0 Å². The lowest BCUT2D eigenvalue weighted by Crippen LogP contribution is -2.49. The number of piperidine rings is 2. The molecular weight excluding hydrogens is 196 g/mol. The van der Waals surface area contributed by atoms with Gasteiger partial charge in [-0.15, -0.1) is 0 Å². The minimum atomic E-state index is 0.444. The lowest BCUT2D eigenvalue weighted by Gasteiger charge is -2.41. The van der Waals surface area contributed by atoms with Gasteiger partial charge < -0.3 is 10.2 Å². The molecule has 0 aromatic rings. The predicted molar refractivity (Wildman–Crippen MR) is 69.7 cm³/mol. The van der Waals surface area contributed by atoms with Gasteiger partial charge in [0.25, 0.3) is 0 Å². The average Bonchev–Trinajstić information content (AvgIpc) is 2.29. The molecule has 2 aliphatic heterocycles. The number of nitrogens with one attached hydrogen (secondary N) is 1. The lowest BCUT2D eigenvalue weighted by atomic mass is 9.80. The van der Waals surface area contributed by atoms with E-state index in [4.69, 9.17) is 0 Å². The molecule has 2 nitrogen and oxygen atoms in total. The van der Waals surface area contributed by atoms with E-state index in [1.54, 1.807) is 0 Å². The Morgan fingerprint density at radius 2 is 2.19 bits per heavy atom. The molecule has 2 fully saturated rings. The maximum Gasteiger partial charge on any atom is 0.0156 e. The molecule has 2 atom stereocenters. The minimum Gasteiger partial charge on any atom is -0.312 e. The van der Waals surface area contributed by atoms with Crippen molar-refractivity contribution < 1.29 is 0 Å². The van der Waals surface area contributed by atoms with Crippen molar-refractivity contribution in [3.63, 3.8) is 0 Å². The smallest absolute Gasteiger partial charge is 0.0156 e. The zero-order valence-electron chi connectivity index (χ0n) is 11.1. The van der Waals surface area contributed by atoms with Crippen molar-refractivity contribution in [1.82, 2.24) is 10.2 Å². The summed E-state index contributed by atoms with van der Waals surface area (Å²) < 4.78 is 0. The van der Waals surface area contributed by atoms with E-state index in [2.05, 4.69) is 24.1 Å². The third-order valence-corrected chi connectivity index (χ3v) is 4.50. The second-order valence-corrected chi connectivity index (χ2v) is 6.05. The van der Waals surface area contributed by atoms with E-state index in [0.717, 1.165) is 5.92 Å². The molecule has 0 spiro atoms. The van der Waals surface area contributed by atoms with E-state index in [1.165, 1.54) is 64.7 Å². The summed E-state index contributed by atoms with van der Waals surface area (Å²) in [6.07, 6.45) is 8.44. The molecule has 0 aromatic carbocycles. The molecule has 2 heteroatoms. The van der Waals surface area contributed by atoms with E-state index < -0.39 is 0 Å². The van der Waals surface area contributed by atoms with E-state index in [-0.39, 0.29) is 0 Å². The highest BCUT2D eigenvalue weighted by molar-refractivity contribution is 4.90. The summed E-state index contributed by atoms with van der Waals surface area (Å²) in [6.45, 7) is 9.88. The van der Waals surface area contributed by atoms with Crippen molar-refractivity contribution in [1.29, 1.82) is 0 Å². The maximum absolute atomic E-state index is 3.76. The van der Waals surface area contributed by atoms with Gasteiger partial charge in [-0.05, 0) is 64.6 Å². The first kappa shape index (κ1) is 12.4. The molecule has 0 saturated carbocycles. The molecule has 0 bridgehead atoms. The number of hydrogen-bond acceptors (Lipinski definition) is 2.